The van der Waals surface area contributed by atoms with Crippen molar-refractivity contribution in [1.82, 2.24) is 4.98 Å². The van der Waals surface area contributed by atoms with E-state index in [0.29, 0.717) is 4.47 Å². The summed E-state index contributed by atoms with van der Waals surface area (Å²) < 4.78 is 0.577. The number of halogens is 1. The number of rotatable bonds is 1. The average Bonchev–Trinajstić information content (AvgIpc) is 2.14. The van der Waals surface area contributed by atoms with Crippen LogP contribution in [0.4, 0.5) is 0 Å². The first-order chi connectivity index (χ1) is 4.20. The molecule has 1 aromatic heterocycles. The number of hydrogen-bond acceptors (Lipinski definition) is 2. The van der Waals surface area contributed by atoms with Crippen molar-refractivity contribution in [3.05, 3.63) is 22.1 Å². The van der Waals surface area contributed by atoms with Crippen molar-refractivity contribution >= 4 is 28.5 Å². The van der Waals surface area contributed by atoms with E-state index in [1.807, 2.05) is 6.92 Å². The van der Waals surface area contributed by atoms with Crippen LogP contribution in [0.15, 0.2) is 12.8 Å². The van der Waals surface area contributed by atoms with Crippen molar-refractivity contribution in [2.24, 2.45) is 0 Å². The quantitative estimate of drug-likeness (QED) is 0.614. The minimum Gasteiger partial charge on any atom is -0.233 e. The summed E-state index contributed by atoms with van der Waals surface area (Å²) >= 11 is 7.02. The molecule has 3 heteroatoms. The summed E-state index contributed by atoms with van der Waals surface area (Å²) in [4.78, 5) is 4.92. The number of hydrogen-bond donors (Lipinski definition) is 0. The fourth-order valence-electron chi connectivity index (χ4n) is 0.450. The van der Waals surface area contributed by atoms with Crippen LogP contribution in [-0.2, 0) is 0 Å². The summed E-state index contributed by atoms with van der Waals surface area (Å²) in [5.74, 6) is 0. The molecule has 0 bridgehead atoms. The second-order valence-corrected chi connectivity index (χ2v) is 3.37. The maximum absolute atomic E-state index is 5.57. The van der Waals surface area contributed by atoms with Crippen molar-refractivity contribution in [3.63, 3.8) is 0 Å². The molecule has 0 N–H and O–H groups in total. The van der Waals surface area contributed by atoms with Crippen LogP contribution < -0.4 is 0 Å². The molecular formula is C6H6ClNS. The highest BCUT2D eigenvalue weighted by molar-refractivity contribution is 7.16. The number of allylic oxidation sites excluding steroid dienone is 1. The van der Waals surface area contributed by atoms with Gasteiger partial charge in [0.15, 0.2) is 4.47 Å². The molecule has 0 amide bonds. The van der Waals surface area contributed by atoms with Gasteiger partial charge in [-0.25, -0.2) is 4.98 Å². The molecule has 0 atom stereocenters. The second kappa shape index (κ2) is 2.50. The van der Waals surface area contributed by atoms with Crippen LogP contribution in [0.5, 0.6) is 0 Å². The first kappa shape index (κ1) is 6.78. The van der Waals surface area contributed by atoms with E-state index in [1.54, 1.807) is 6.20 Å². The van der Waals surface area contributed by atoms with Crippen LogP contribution in [0.25, 0.3) is 5.57 Å². The van der Waals surface area contributed by atoms with Crippen LogP contribution in [0, 0.1) is 0 Å². The molecule has 0 unspecified atom stereocenters. The molecule has 0 aliphatic rings. The van der Waals surface area contributed by atoms with Crippen LogP contribution in [0.2, 0.25) is 4.47 Å². The Balaban J connectivity index is 2.98. The van der Waals surface area contributed by atoms with Gasteiger partial charge in [-0.15, -0.1) is 11.3 Å². The first-order valence-corrected chi connectivity index (χ1v) is 3.67. The Kier molecular flexibility index (Phi) is 1.88. The molecule has 1 nitrogen and oxygen atoms in total. The predicted octanol–water partition coefficient (Wildman–Crippen LogP) is 2.83. The van der Waals surface area contributed by atoms with Crippen molar-refractivity contribution in [2.45, 2.75) is 6.92 Å². The van der Waals surface area contributed by atoms with Crippen LogP contribution in [0.3, 0.4) is 0 Å². The highest BCUT2D eigenvalue weighted by atomic mass is 35.5. The van der Waals surface area contributed by atoms with E-state index in [2.05, 4.69) is 11.6 Å². The second-order valence-electron chi connectivity index (χ2n) is 1.76. The molecule has 9 heavy (non-hydrogen) atoms. The molecule has 0 saturated heterocycles. The molecule has 0 spiro atoms. The summed E-state index contributed by atoms with van der Waals surface area (Å²) in [5.41, 5.74) is 1.01. The molecule has 0 saturated carbocycles. The Hall–Kier alpha value is -0.340. The monoisotopic (exact) mass is 159 g/mol. The summed E-state index contributed by atoms with van der Waals surface area (Å²) in [6.45, 7) is 5.68. The maximum atomic E-state index is 5.57. The Labute approximate surface area is 63.0 Å². The van der Waals surface area contributed by atoms with Gasteiger partial charge in [0.25, 0.3) is 0 Å². The van der Waals surface area contributed by atoms with Gasteiger partial charge in [-0.2, -0.15) is 0 Å². The summed E-state index contributed by atoms with van der Waals surface area (Å²) in [6, 6.07) is 0. The lowest BCUT2D eigenvalue weighted by molar-refractivity contribution is 1.41. The topological polar surface area (TPSA) is 12.9 Å². The van der Waals surface area contributed by atoms with Gasteiger partial charge >= 0.3 is 0 Å². The first-order valence-electron chi connectivity index (χ1n) is 2.47. The molecule has 1 heterocycles. The van der Waals surface area contributed by atoms with Gasteiger partial charge < -0.3 is 0 Å². The number of nitrogens with zero attached hydrogens (tertiary/aromatic N) is 1. The summed E-state index contributed by atoms with van der Waals surface area (Å²) in [5, 5.41) is 0. The fourth-order valence-corrected chi connectivity index (χ4v) is 1.31. The molecule has 1 aromatic rings. The minimum absolute atomic E-state index is 0.577. The average molecular weight is 160 g/mol. The van der Waals surface area contributed by atoms with Gasteiger partial charge in [0.05, 0.1) is 4.88 Å². The largest absolute Gasteiger partial charge is 0.233 e. The van der Waals surface area contributed by atoms with E-state index in [0.717, 1.165) is 10.5 Å². The van der Waals surface area contributed by atoms with Crippen molar-refractivity contribution in [2.75, 3.05) is 0 Å². The van der Waals surface area contributed by atoms with Crippen LogP contribution >= 0.6 is 22.9 Å². The summed E-state index contributed by atoms with van der Waals surface area (Å²) in [6.07, 6.45) is 1.73. The number of aromatic nitrogens is 1. The standard InChI is InChI=1S/C6H6ClNS/c1-4(2)5-3-8-6(7)9-5/h3H,1H2,2H3. The third-order valence-corrected chi connectivity index (χ3v) is 2.17. The SMILES string of the molecule is C=C(C)c1cnc(Cl)s1. The van der Waals surface area contributed by atoms with Gasteiger partial charge in [-0.05, 0) is 12.5 Å². The van der Waals surface area contributed by atoms with Gasteiger partial charge in [0, 0.05) is 6.20 Å². The van der Waals surface area contributed by atoms with Gasteiger partial charge in [-0.1, -0.05) is 18.2 Å². The van der Waals surface area contributed by atoms with E-state index in [4.69, 9.17) is 11.6 Å². The maximum Gasteiger partial charge on any atom is 0.184 e. The summed E-state index contributed by atoms with van der Waals surface area (Å²) in [7, 11) is 0. The number of thiazole rings is 1. The Bertz CT molecular complexity index is 229. The zero-order valence-corrected chi connectivity index (χ0v) is 6.59. The van der Waals surface area contributed by atoms with Crippen molar-refractivity contribution in [3.8, 4) is 0 Å². The van der Waals surface area contributed by atoms with Gasteiger partial charge in [0.2, 0.25) is 0 Å². The molecule has 1 rings (SSSR count). The van der Waals surface area contributed by atoms with Gasteiger partial charge in [0.1, 0.15) is 0 Å². The van der Waals surface area contributed by atoms with Crippen LogP contribution in [-0.4, -0.2) is 4.98 Å². The van der Waals surface area contributed by atoms with E-state index in [1.165, 1.54) is 11.3 Å². The van der Waals surface area contributed by atoms with Crippen molar-refractivity contribution in [1.29, 1.82) is 0 Å². The lowest BCUT2D eigenvalue weighted by Crippen LogP contribution is -1.63. The molecule has 0 fully saturated rings. The third kappa shape index (κ3) is 1.53. The highest BCUT2D eigenvalue weighted by Gasteiger charge is 1.97. The van der Waals surface area contributed by atoms with E-state index in [-0.39, 0.29) is 0 Å². The minimum atomic E-state index is 0.577. The van der Waals surface area contributed by atoms with Crippen molar-refractivity contribution < 1.29 is 0 Å². The fraction of sp³-hybridized carbons (Fsp3) is 0.167. The smallest absolute Gasteiger partial charge is 0.184 e. The lowest BCUT2D eigenvalue weighted by atomic mass is 10.3. The highest BCUT2D eigenvalue weighted by Crippen LogP contribution is 2.22. The molecule has 0 aromatic carbocycles. The van der Waals surface area contributed by atoms with E-state index < -0.39 is 0 Å². The van der Waals surface area contributed by atoms with E-state index in [9.17, 15) is 0 Å². The predicted molar refractivity (Wildman–Crippen MR) is 41.8 cm³/mol. The van der Waals surface area contributed by atoms with E-state index >= 15 is 0 Å². The zero-order valence-electron chi connectivity index (χ0n) is 5.02. The zero-order chi connectivity index (χ0) is 6.85. The molecule has 48 valence electrons. The van der Waals surface area contributed by atoms with Gasteiger partial charge in [-0.3, -0.25) is 0 Å². The third-order valence-electron chi connectivity index (χ3n) is 0.898. The van der Waals surface area contributed by atoms with Crippen LogP contribution in [0.1, 0.15) is 11.8 Å². The molecule has 0 aliphatic carbocycles. The lowest BCUT2D eigenvalue weighted by Gasteiger charge is -1.85. The Morgan fingerprint density at radius 2 is 2.56 bits per heavy atom. The Morgan fingerprint density at radius 1 is 1.89 bits per heavy atom. The Morgan fingerprint density at radius 3 is 2.78 bits per heavy atom. The molecular weight excluding hydrogens is 154 g/mol. The molecule has 0 aliphatic heterocycles. The molecule has 0 radical (unpaired) electrons. The normalized spacial score (nSPS) is 9.56.